The monoisotopic (exact) mass is 1150 g/mol. The fourth-order valence-corrected chi connectivity index (χ4v) is 10.4. The van der Waals surface area contributed by atoms with Gasteiger partial charge in [0.1, 0.15) is 0 Å². The van der Waals surface area contributed by atoms with Crippen molar-refractivity contribution in [1.29, 1.82) is 0 Å². The normalized spacial score (nSPS) is 11.7. The zero-order chi connectivity index (χ0) is 50.5. The Kier molecular flexibility index (Phi) is 21.4. The first kappa shape index (κ1) is 55.2. The topological polar surface area (TPSA) is 38.7 Å². The predicted molar refractivity (Wildman–Crippen MR) is 308 cm³/mol. The van der Waals surface area contributed by atoms with E-state index in [1.807, 2.05) is 103 Å². The summed E-state index contributed by atoms with van der Waals surface area (Å²) in [7, 11) is 0. The molecule has 0 saturated carbocycles. The third-order valence-electron chi connectivity index (χ3n) is 14.3. The molecule has 4 heteroatoms. The minimum absolute atomic E-state index is 0. The third-order valence-corrected chi connectivity index (χ3v) is 14.3. The van der Waals surface area contributed by atoms with E-state index in [0.29, 0.717) is 0 Å². The minimum atomic E-state index is 0. The van der Waals surface area contributed by atoms with Crippen molar-refractivity contribution < 1.29 is 20.1 Å². The van der Waals surface area contributed by atoms with Gasteiger partial charge in [0.25, 0.3) is 0 Å². The Morgan fingerprint density at radius 3 is 1.30 bits per heavy atom. The van der Waals surface area contributed by atoms with Crippen LogP contribution < -0.4 is 0 Å². The number of hydrogen-bond acceptors (Lipinski definition) is 3. The predicted octanol–water partition coefficient (Wildman–Crippen LogP) is 19.4. The molecule has 9 aromatic rings. The molecule has 1 aliphatic carbocycles. The summed E-state index contributed by atoms with van der Waals surface area (Å²) in [5.41, 5.74) is 19.9. The van der Waals surface area contributed by atoms with Crippen LogP contribution in [0.1, 0.15) is 126 Å². The van der Waals surface area contributed by atoms with Crippen LogP contribution in [0.3, 0.4) is 0 Å². The molecule has 0 amide bonds. The molecule has 74 heavy (non-hydrogen) atoms. The van der Waals surface area contributed by atoms with Gasteiger partial charge in [-0.05, 0) is 101 Å². The Labute approximate surface area is 457 Å². The van der Waals surface area contributed by atoms with Gasteiger partial charge in [-0.2, -0.15) is 0 Å². The van der Waals surface area contributed by atoms with Crippen LogP contribution in [0.15, 0.2) is 195 Å². The van der Waals surface area contributed by atoms with Crippen molar-refractivity contribution in [3.05, 3.63) is 235 Å². The van der Waals surface area contributed by atoms with E-state index in [-0.39, 0.29) is 25.5 Å². The summed E-state index contributed by atoms with van der Waals surface area (Å²) in [5, 5.41) is 0. The molecule has 0 bridgehead atoms. The number of fused-ring (bicyclic) bond motifs is 3. The number of pyridine rings is 3. The van der Waals surface area contributed by atoms with E-state index < -0.39 is 0 Å². The summed E-state index contributed by atoms with van der Waals surface area (Å²) in [5.74, 6) is 0. The molecular weight excluding hydrogens is 1080 g/mol. The second-order valence-electron chi connectivity index (χ2n) is 19.7. The van der Waals surface area contributed by atoms with Crippen LogP contribution in [0, 0.1) is 32.0 Å². The van der Waals surface area contributed by atoms with E-state index in [1.54, 1.807) is 23.5 Å². The van der Waals surface area contributed by atoms with Crippen LogP contribution in [0.5, 0.6) is 0 Å². The first-order valence-electron chi connectivity index (χ1n) is 27.0. The summed E-state index contributed by atoms with van der Waals surface area (Å²) < 4.78 is 0. The Morgan fingerprint density at radius 1 is 0.378 bits per heavy atom. The van der Waals surface area contributed by atoms with Crippen molar-refractivity contribution in [2.24, 2.45) is 0 Å². The van der Waals surface area contributed by atoms with Gasteiger partial charge in [-0.3, -0.25) is 0 Å². The molecule has 0 saturated heterocycles. The number of nitrogens with zero attached hydrogens (tertiary/aromatic N) is 3. The SMILES string of the molecule is CCCCCCCCC1(CCCCCCCC)c2cc(C)ccc2-c2ccc(-c3ccc(C)cc3-c3c[c-]c(-c4ccccn4)cc3)cc21.[Ir+3].[c-]1ccccc1-c1ccccn1.[c-]1ccccc1-c1ccccn1. The van der Waals surface area contributed by atoms with Crippen molar-refractivity contribution in [1.82, 2.24) is 15.0 Å². The van der Waals surface area contributed by atoms with E-state index in [4.69, 9.17) is 0 Å². The van der Waals surface area contributed by atoms with Gasteiger partial charge < -0.3 is 15.0 Å². The van der Waals surface area contributed by atoms with Crippen LogP contribution in [0.2, 0.25) is 0 Å². The van der Waals surface area contributed by atoms with Crippen molar-refractivity contribution in [3.63, 3.8) is 0 Å². The molecule has 0 unspecified atom stereocenters. The number of benzene rings is 6. The van der Waals surface area contributed by atoms with E-state index >= 15 is 0 Å². The van der Waals surface area contributed by atoms with E-state index in [1.165, 1.54) is 134 Å². The van der Waals surface area contributed by atoms with Crippen LogP contribution in [-0.4, -0.2) is 15.0 Å². The average Bonchev–Trinajstić information content (AvgIpc) is 3.72. The third kappa shape index (κ3) is 14.6. The van der Waals surface area contributed by atoms with Gasteiger partial charge >= 0.3 is 20.1 Å². The van der Waals surface area contributed by atoms with E-state index in [9.17, 15) is 0 Å². The van der Waals surface area contributed by atoms with Gasteiger partial charge in [0.05, 0.1) is 0 Å². The Bertz CT molecular complexity index is 2860. The fourth-order valence-electron chi connectivity index (χ4n) is 10.4. The Balaban J connectivity index is 0.000000258. The second-order valence-corrected chi connectivity index (χ2v) is 19.7. The van der Waals surface area contributed by atoms with Crippen molar-refractivity contribution in [3.8, 4) is 67.2 Å². The molecule has 1 aliphatic rings. The zero-order valence-corrected chi connectivity index (χ0v) is 46.4. The molecule has 0 aliphatic heterocycles. The molecule has 0 radical (unpaired) electrons. The molecule has 3 nitrogen and oxygen atoms in total. The van der Waals surface area contributed by atoms with Gasteiger partial charge in [-0.1, -0.05) is 198 Å². The summed E-state index contributed by atoms with van der Waals surface area (Å²) in [6.07, 6.45) is 24.0. The average molecular weight is 1150 g/mol. The largest absolute Gasteiger partial charge is 3.00 e. The minimum Gasteiger partial charge on any atom is -0.305 e. The fraction of sp³-hybridized carbons (Fsp3) is 0.271. The van der Waals surface area contributed by atoms with Gasteiger partial charge in [0.15, 0.2) is 0 Å². The zero-order valence-electron chi connectivity index (χ0n) is 44.0. The van der Waals surface area contributed by atoms with Gasteiger partial charge in [0, 0.05) is 24.0 Å². The van der Waals surface area contributed by atoms with Crippen molar-refractivity contribution >= 4 is 0 Å². The van der Waals surface area contributed by atoms with Gasteiger partial charge in [-0.25, -0.2) is 0 Å². The Hall–Kier alpha value is -6.58. The maximum atomic E-state index is 4.55. The molecule has 0 N–H and O–H groups in total. The van der Waals surface area contributed by atoms with E-state index in [0.717, 1.165) is 33.8 Å². The van der Waals surface area contributed by atoms with Crippen LogP contribution in [-0.2, 0) is 25.5 Å². The molecule has 0 spiro atoms. The molecule has 10 rings (SSSR count). The molecule has 376 valence electrons. The van der Waals surface area contributed by atoms with Crippen molar-refractivity contribution in [2.45, 2.75) is 123 Å². The smallest absolute Gasteiger partial charge is 0.305 e. The molecule has 3 heterocycles. The Morgan fingerprint density at radius 2 is 0.824 bits per heavy atom. The first-order chi connectivity index (χ1) is 36.0. The summed E-state index contributed by atoms with van der Waals surface area (Å²) in [6.45, 7) is 9.12. The number of hydrogen-bond donors (Lipinski definition) is 0. The maximum absolute atomic E-state index is 4.55. The van der Waals surface area contributed by atoms with Crippen molar-refractivity contribution in [2.75, 3.05) is 0 Å². The number of aryl methyl sites for hydroxylation is 2. The van der Waals surface area contributed by atoms with Crippen LogP contribution in [0.4, 0.5) is 0 Å². The molecule has 0 atom stereocenters. The van der Waals surface area contributed by atoms with Crippen LogP contribution >= 0.6 is 0 Å². The quantitative estimate of drug-likeness (QED) is 0.0598. The molecule has 6 aromatic carbocycles. The standard InChI is InChI=1S/C48H56N.2C11H8N.Ir/c1-5-7-9-11-13-16-30-48(31-17-14-12-10-8-6-2)45-34-37(4)21-28-42(45)43-29-26-40(35-46(43)48)41-27-20-36(3)33-44(41)38-22-24-39(25-23-38)47-19-15-18-32-49-47;2*1-2-6-10(7-3-1)11-8-4-5-9-12-11;/h15,18-24,26-29,32-35H,5-14,16-17,30-31H2,1-4H3;2*1-6,8-9H;/q3*-1;+3. The van der Waals surface area contributed by atoms with Gasteiger partial charge in [-0.15, -0.1) is 102 Å². The summed E-state index contributed by atoms with van der Waals surface area (Å²) >= 11 is 0. The second kappa shape index (κ2) is 28.8. The maximum Gasteiger partial charge on any atom is 3.00 e. The van der Waals surface area contributed by atoms with E-state index in [2.05, 4.69) is 140 Å². The number of aromatic nitrogens is 3. The molecular formula is C70H72IrN3. The van der Waals surface area contributed by atoms with Crippen LogP contribution in [0.25, 0.3) is 67.2 Å². The number of unbranched alkanes of at least 4 members (excludes halogenated alkanes) is 10. The van der Waals surface area contributed by atoms with Gasteiger partial charge in [0.2, 0.25) is 0 Å². The summed E-state index contributed by atoms with van der Waals surface area (Å²) in [4.78, 5) is 13.0. The molecule has 3 aromatic heterocycles. The summed E-state index contributed by atoms with van der Waals surface area (Å²) in [6, 6.07) is 71.5. The number of rotatable bonds is 19. The first-order valence-corrected chi connectivity index (χ1v) is 27.0. The molecule has 0 fully saturated rings.